The molecule has 0 fully saturated rings. The third-order valence-electron chi connectivity index (χ3n) is 4.61. The molecule has 0 spiro atoms. The van der Waals surface area contributed by atoms with Crippen molar-refractivity contribution in [2.45, 2.75) is 13.3 Å². The summed E-state index contributed by atoms with van der Waals surface area (Å²) in [6.45, 7) is 6.47. The van der Waals surface area contributed by atoms with Crippen LogP contribution in [-0.2, 0) is 6.42 Å². The highest BCUT2D eigenvalue weighted by Gasteiger charge is 2.18. The lowest BCUT2D eigenvalue weighted by Crippen LogP contribution is -1.91. The predicted octanol–water partition coefficient (Wildman–Crippen LogP) is 5.63. The van der Waals surface area contributed by atoms with Gasteiger partial charge in [-0.25, -0.2) is 0 Å². The van der Waals surface area contributed by atoms with Crippen molar-refractivity contribution in [2.24, 2.45) is 0 Å². The van der Waals surface area contributed by atoms with E-state index in [4.69, 9.17) is 0 Å². The summed E-state index contributed by atoms with van der Waals surface area (Å²) >= 11 is 0. The van der Waals surface area contributed by atoms with E-state index >= 15 is 0 Å². The number of rotatable bonds is 2. The van der Waals surface area contributed by atoms with Crippen molar-refractivity contribution >= 4 is 5.57 Å². The lowest BCUT2D eigenvalue weighted by atomic mass is 9.93. The van der Waals surface area contributed by atoms with Gasteiger partial charge in [-0.1, -0.05) is 73.3 Å². The Morgan fingerprint density at radius 2 is 1.55 bits per heavy atom. The van der Waals surface area contributed by atoms with Gasteiger partial charge in [0.1, 0.15) is 0 Å². The third-order valence-corrected chi connectivity index (χ3v) is 4.61. The van der Waals surface area contributed by atoms with E-state index in [0.29, 0.717) is 0 Å². The first kappa shape index (κ1) is 13.1. The van der Waals surface area contributed by atoms with Crippen LogP contribution < -0.4 is 0 Å². The highest BCUT2D eigenvalue weighted by molar-refractivity contribution is 5.84. The van der Waals surface area contributed by atoms with Crippen molar-refractivity contribution < 1.29 is 0 Å². The molecular weight excluding hydrogens is 264 g/mol. The van der Waals surface area contributed by atoms with Crippen LogP contribution in [-0.4, -0.2) is 0 Å². The van der Waals surface area contributed by atoms with Gasteiger partial charge in [0.2, 0.25) is 0 Å². The lowest BCUT2D eigenvalue weighted by molar-refractivity contribution is 1.26. The van der Waals surface area contributed by atoms with Crippen LogP contribution in [0.1, 0.15) is 27.8 Å². The molecule has 3 aromatic rings. The molecule has 0 N–H and O–H groups in total. The van der Waals surface area contributed by atoms with E-state index in [0.717, 1.165) is 12.0 Å². The molecule has 3 aromatic carbocycles. The van der Waals surface area contributed by atoms with Crippen LogP contribution in [0.5, 0.6) is 0 Å². The van der Waals surface area contributed by atoms with Gasteiger partial charge < -0.3 is 0 Å². The Balaban J connectivity index is 1.76. The van der Waals surface area contributed by atoms with Crippen LogP contribution in [0.25, 0.3) is 16.7 Å². The molecule has 0 heterocycles. The molecule has 0 nitrogen and oxygen atoms in total. The summed E-state index contributed by atoms with van der Waals surface area (Å²) in [6, 6.07) is 23.9. The van der Waals surface area contributed by atoms with Gasteiger partial charge in [0, 0.05) is 0 Å². The quantitative estimate of drug-likeness (QED) is 0.447. The number of aryl methyl sites for hydroxylation is 1. The van der Waals surface area contributed by atoms with Gasteiger partial charge in [-0.15, -0.1) is 0 Å². The zero-order valence-electron chi connectivity index (χ0n) is 12.8. The minimum absolute atomic E-state index is 1.03. The normalized spacial score (nSPS) is 11.9. The van der Waals surface area contributed by atoms with E-state index < -0.39 is 0 Å². The number of hydrogen-bond acceptors (Lipinski definition) is 0. The van der Waals surface area contributed by atoms with E-state index in [2.05, 4.69) is 80.2 Å². The second kappa shape index (κ2) is 4.99. The van der Waals surface area contributed by atoms with E-state index in [1.54, 1.807) is 0 Å². The Bertz CT molecular complexity index is 884. The molecule has 1 aliphatic carbocycles. The zero-order valence-corrected chi connectivity index (χ0v) is 12.8. The van der Waals surface area contributed by atoms with Gasteiger partial charge in [0.25, 0.3) is 0 Å². The fourth-order valence-corrected chi connectivity index (χ4v) is 3.40. The Morgan fingerprint density at radius 3 is 2.41 bits per heavy atom. The standard InChI is InChI=1S/C22H18/c1-15-7-3-5-9-20(15)16(2)17-11-12-22-19(13-17)14-18-8-4-6-10-21(18)22/h3-13H,2,14H2,1H3. The minimum atomic E-state index is 1.03. The molecule has 0 bridgehead atoms. The van der Waals surface area contributed by atoms with E-state index in [9.17, 15) is 0 Å². The zero-order chi connectivity index (χ0) is 15.1. The van der Waals surface area contributed by atoms with Crippen LogP contribution >= 0.6 is 0 Å². The monoisotopic (exact) mass is 282 g/mol. The van der Waals surface area contributed by atoms with Crippen molar-refractivity contribution in [2.75, 3.05) is 0 Å². The van der Waals surface area contributed by atoms with Gasteiger partial charge in [0.15, 0.2) is 0 Å². The maximum Gasteiger partial charge on any atom is -0.00132 e. The van der Waals surface area contributed by atoms with Crippen LogP contribution in [0.4, 0.5) is 0 Å². The van der Waals surface area contributed by atoms with Crippen molar-refractivity contribution in [1.29, 1.82) is 0 Å². The topological polar surface area (TPSA) is 0 Å². The fourth-order valence-electron chi connectivity index (χ4n) is 3.40. The molecule has 22 heavy (non-hydrogen) atoms. The Kier molecular flexibility index (Phi) is 2.97. The van der Waals surface area contributed by atoms with E-state index in [1.807, 2.05) is 0 Å². The molecule has 4 rings (SSSR count). The summed E-state index contributed by atoms with van der Waals surface area (Å²) in [6.07, 6.45) is 1.03. The third kappa shape index (κ3) is 2.00. The first-order valence-corrected chi connectivity index (χ1v) is 7.70. The molecule has 0 saturated carbocycles. The summed E-state index contributed by atoms with van der Waals surface area (Å²) in [7, 11) is 0. The molecule has 0 aromatic heterocycles. The highest BCUT2D eigenvalue weighted by atomic mass is 14.2. The second-order valence-corrected chi connectivity index (χ2v) is 6.00. The van der Waals surface area contributed by atoms with Crippen LogP contribution in [0, 0.1) is 6.92 Å². The Morgan fingerprint density at radius 1 is 0.818 bits per heavy atom. The van der Waals surface area contributed by atoms with Crippen LogP contribution in [0.2, 0.25) is 0 Å². The summed E-state index contributed by atoms with van der Waals surface area (Å²) in [5, 5.41) is 0. The summed E-state index contributed by atoms with van der Waals surface area (Å²) < 4.78 is 0. The number of hydrogen-bond donors (Lipinski definition) is 0. The first-order valence-electron chi connectivity index (χ1n) is 7.70. The number of benzene rings is 3. The maximum atomic E-state index is 4.33. The maximum absolute atomic E-state index is 4.33. The molecule has 0 atom stereocenters. The molecule has 0 unspecified atom stereocenters. The van der Waals surface area contributed by atoms with Crippen molar-refractivity contribution in [3.63, 3.8) is 0 Å². The molecule has 0 aliphatic heterocycles. The molecule has 0 amide bonds. The second-order valence-electron chi connectivity index (χ2n) is 6.00. The SMILES string of the molecule is C=C(c1ccc2c(c1)Cc1ccccc1-2)c1ccccc1C. The van der Waals surface area contributed by atoms with Crippen LogP contribution in [0.15, 0.2) is 73.3 Å². The highest BCUT2D eigenvalue weighted by Crippen LogP contribution is 2.38. The Labute approximate surface area is 131 Å². The summed E-state index contributed by atoms with van der Waals surface area (Å²) in [5.41, 5.74) is 10.4. The van der Waals surface area contributed by atoms with E-state index in [1.165, 1.54) is 38.9 Å². The molecule has 0 saturated heterocycles. The molecule has 0 heteroatoms. The predicted molar refractivity (Wildman–Crippen MR) is 94.0 cm³/mol. The minimum Gasteiger partial charge on any atom is -0.0905 e. The fraction of sp³-hybridized carbons (Fsp3) is 0.0909. The summed E-state index contributed by atoms with van der Waals surface area (Å²) in [5.74, 6) is 0. The Hall–Kier alpha value is -2.60. The van der Waals surface area contributed by atoms with Gasteiger partial charge in [0.05, 0.1) is 0 Å². The van der Waals surface area contributed by atoms with Crippen LogP contribution in [0.3, 0.4) is 0 Å². The van der Waals surface area contributed by atoms with Gasteiger partial charge in [-0.3, -0.25) is 0 Å². The van der Waals surface area contributed by atoms with Crippen molar-refractivity contribution in [1.82, 2.24) is 0 Å². The largest absolute Gasteiger partial charge is 0.0905 e. The molecule has 106 valence electrons. The molecular formula is C22H18. The smallest absolute Gasteiger partial charge is 0.00132 e. The van der Waals surface area contributed by atoms with Crippen molar-refractivity contribution in [3.8, 4) is 11.1 Å². The van der Waals surface area contributed by atoms with E-state index in [-0.39, 0.29) is 0 Å². The van der Waals surface area contributed by atoms with Gasteiger partial charge in [-0.2, -0.15) is 0 Å². The lowest BCUT2D eigenvalue weighted by Gasteiger charge is -2.11. The summed E-state index contributed by atoms with van der Waals surface area (Å²) in [4.78, 5) is 0. The first-order chi connectivity index (χ1) is 10.7. The number of fused-ring (bicyclic) bond motifs is 3. The average Bonchev–Trinajstić information content (AvgIpc) is 2.92. The molecule has 0 radical (unpaired) electrons. The van der Waals surface area contributed by atoms with Gasteiger partial charge in [-0.05, 0) is 57.9 Å². The van der Waals surface area contributed by atoms with Gasteiger partial charge >= 0.3 is 0 Å². The average molecular weight is 282 g/mol. The molecule has 1 aliphatic rings. The van der Waals surface area contributed by atoms with Crippen molar-refractivity contribution in [3.05, 3.63) is 101 Å².